The molecule has 1 N–H and O–H groups in total. The highest BCUT2D eigenvalue weighted by atomic mass is 79.9. The minimum Gasteiger partial charge on any atom is -0.353 e. The Labute approximate surface area is 126 Å². The predicted molar refractivity (Wildman–Crippen MR) is 78.3 cm³/mol. The topological polar surface area (TPSA) is 32.3 Å². The number of nitrogens with one attached hydrogen (secondary N) is 1. The molecule has 0 aliphatic rings. The van der Waals surface area contributed by atoms with Gasteiger partial charge in [-0.3, -0.25) is 9.69 Å². The number of hydrogen-bond donors (Lipinski definition) is 1. The molecular formula is C14H19BrF2N2O. The van der Waals surface area contributed by atoms with Crippen molar-refractivity contribution in [3.63, 3.8) is 0 Å². The lowest BCUT2D eigenvalue weighted by Gasteiger charge is -2.21. The van der Waals surface area contributed by atoms with Crippen molar-refractivity contribution in [3.05, 3.63) is 33.8 Å². The van der Waals surface area contributed by atoms with Crippen LogP contribution in [0.2, 0.25) is 0 Å². The largest absolute Gasteiger partial charge is 0.353 e. The molecule has 1 aromatic carbocycles. The molecule has 0 aliphatic heterocycles. The minimum atomic E-state index is -0.618. The first-order valence-corrected chi connectivity index (χ1v) is 7.28. The number of benzene rings is 1. The summed E-state index contributed by atoms with van der Waals surface area (Å²) in [6.45, 7) is 6.26. The average Bonchev–Trinajstić information content (AvgIpc) is 2.36. The first-order valence-electron chi connectivity index (χ1n) is 6.49. The van der Waals surface area contributed by atoms with Crippen LogP contribution in [0, 0.1) is 11.6 Å². The van der Waals surface area contributed by atoms with Crippen LogP contribution in [0.5, 0.6) is 0 Å². The standard InChI is InChI=1S/C14H19BrF2N2O/c1-4-19(8-13(20)18-9(2)3)7-10-12(16)6-5-11(15)14(10)17/h5-6,9H,4,7-8H2,1-3H3,(H,18,20). The number of halogens is 3. The van der Waals surface area contributed by atoms with Gasteiger partial charge < -0.3 is 5.32 Å². The molecule has 0 saturated carbocycles. The highest BCUT2D eigenvalue weighted by Gasteiger charge is 2.17. The summed E-state index contributed by atoms with van der Waals surface area (Å²) in [7, 11) is 0. The Kier molecular flexibility index (Phi) is 6.55. The number of nitrogens with zero attached hydrogens (tertiary/aromatic N) is 1. The van der Waals surface area contributed by atoms with E-state index in [4.69, 9.17) is 0 Å². The summed E-state index contributed by atoms with van der Waals surface area (Å²) in [5.41, 5.74) is -0.0291. The van der Waals surface area contributed by atoms with Gasteiger partial charge in [0, 0.05) is 18.2 Å². The summed E-state index contributed by atoms with van der Waals surface area (Å²) < 4.78 is 27.8. The zero-order valence-corrected chi connectivity index (χ0v) is 13.4. The summed E-state index contributed by atoms with van der Waals surface area (Å²) in [6.07, 6.45) is 0. The van der Waals surface area contributed by atoms with Crippen molar-refractivity contribution in [3.8, 4) is 0 Å². The molecule has 112 valence electrons. The summed E-state index contributed by atoms with van der Waals surface area (Å²) in [5.74, 6) is -1.38. The van der Waals surface area contributed by atoms with E-state index >= 15 is 0 Å². The fraction of sp³-hybridized carbons (Fsp3) is 0.500. The minimum absolute atomic E-state index is 0.0291. The molecule has 0 heterocycles. The third-order valence-corrected chi connectivity index (χ3v) is 3.40. The van der Waals surface area contributed by atoms with Gasteiger partial charge in [-0.1, -0.05) is 6.92 Å². The van der Waals surface area contributed by atoms with Gasteiger partial charge in [0.25, 0.3) is 0 Å². The molecule has 1 rings (SSSR count). The second-order valence-electron chi connectivity index (χ2n) is 4.85. The van der Waals surface area contributed by atoms with Crippen LogP contribution in [0.1, 0.15) is 26.3 Å². The van der Waals surface area contributed by atoms with Crippen LogP contribution >= 0.6 is 15.9 Å². The van der Waals surface area contributed by atoms with Crippen LogP contribution in [0.4, 0.5) is 8.78 Å². The van der Waals surface area contributed by atoms with Gasteiger partial charge in [-0.25, -0.2) is 8.78 Å². The van der Waals surface area contributed by atoms with Gasteiger partial charge in [0.1, 0.15) is 11.6 Å². The fourth-order valence-corrected chi connectivity index (χ4v) is 2.16. The molecule has 0 fully saturated rings. The number of rotatable bonds is 6. The highest BCUT2D eigenvalue weighted by molar-refractivity contribution is 9.10. The number of likely N-dealkylation sites (N-methyl/N-ethyl adjacent to an activating group) is 1. The van der Waals surface area contributed by atoms with Crippen LogP contribution in [-0.4, -0.2) is 29.9 Å². The van der Waals surface area contributed by atoms with Crippen molar-refractivity contribution in [1.29, 1.82) is 0 Å². The number of amides is 1. The van der Waals surface area contributed by atoms with E-state index in [9.17, 15) is 13.6 Å². The lowest BCUT2D eigenvalue weighted by Crippen LogP contribution is -2.40. The lowest BCUT2D eigenvalue weighted by atomic mass is 10.2. The molecule has 0 unspecified atom stereocenters. The molecule has 1 amide bonds. The van der Waals surface area contributed by atoms with Gasteiger partial charge in [0.05, 0.1) is 11.0 Å². The lowest BCUT2D eigenvalue weighted by molar-refractivity contribution is -0.122. The second-order valence-corrected chi connectivity index (χ2v) is 5.70. The number of carbonyl (C=O) groups is 1. The molecule has 6 heteroatoms. The number of hydrogen-bond acceptors (Lipinski definition) is 2. The SMILES string of the molecule is CCN(CC(=O)NC(C)C)Cc1c(F)ccc(Br)c1F. The maximum Gasteiger partial charge on any atom is 0.234 e. The zero-order valence-electron chi connectivity index (χ0n) is 11.8. The Balaban J connectivity index is 2.79. The Hall–Kier alpha value is -1.01. The van der Waals surface area contributed by atoms with Crippen LogP contribution < -0.4 is 5.32 Å². The quantitative estimate of drug-likeness (QED) is 0.801. The summed E-state index contributed by atoms with van der Waals surface area (Å²) in [4.78, 5) is 13.4. The second kappa shape index (κ2) is 7.69. The van der Waals surface area contributed by atoms with Crippen LogP contribution in [0.25, 0.3) is 0 Å². The van der Waals surface area contributed by atoms with Crippen molar-refractivity contribution in [1.82, 2.24) is 10.2 Å². The van der Waals surface area contributed by atoms with E-state index in [1.54, 1.807) is 4.90 Å². The van der Waals surface area contributed by atoms with Crippen LogP contribution in [0.15, 0.2) is 16.6 Å². The molecular weight excluding hydrogens is 330 g/mol. The normalized spacial score (nSPS) is 11.2. The Bertz CT molecular complexity index is 480. The van der Waals surface area contributed by atoms with Gasteiger partial charge in [-0.2, -0.15) is 0 Å². The molecule has 0 atom stereocenters. The maximum atomic E-state index is 13.9. The van der Waals surface area contributed by atoms with Gasteiger partial charge in [0.2, 0.25) is 5.91 Å². The van der Waals surface area contributed by atoms with Crippen LogP contribution in [0.3, 0.4) is 0 Å². The van der Waals surface area contributed by atoms with E-state index in [0.717, 1.165) is 0 Å². The van der Waals surface area contributed by atoms with Gasteiger partial charge >= 0.3 is 0 Å². The molecule has 20 heavy (non-hydrogen) atoms. The summed E-state index contributed by atoms with van der Waals surface area (Å²) in [6, 6.07) is 2.58. The number of carbonyl (C=O) groups excluding carboxylic acids is 1. The monoisotopic (exact) mass is 348 g/mol. The molecule has 0 saturated heterocycles. The van der Waals surface area contributed by atoms with Crippen LogP contribution in [-0.2, 0) is 11.3 Å². The van der Waals surface area contributed by atoms with E-state index in [1.807, 2.05) is 20.8 Å². The van der Waals surface area contributed by atoms with E-state index in [1.165, 1.54) is 12.1 Å². The smallest absolute Gasteiger partial charge is 0.234 e. The molecule has 1 aromatic rings. The third kappa shape index (κ3) is 4.83. The zero-order chi connectivity index (χ0) is 15.3. The molecule has 0 aliphatic carbocycles. The van der Waals surface area contributed by atoms with E-state index in [2.05, 4.69) is 21.2 Å². The Morgan fingerprint density at radius 2 is 2.05 bits per heavy atom. The predicted octanol–water partition coefficient (Wildman–Crippen LogP) is 3.07. The van der Waals surface area contributed by atoms with Gasteiger partial charge in [-0.15, -0.1) is 0 Å². The molecule has 0 radical (unpaired) electrons. The van der Waals surface area contributed by atoms with E-state index in [0.29, 0.717) is 6.54 Å². The summed E-state index contributed by atoms with van der Waals surface area (Å²) >= 11 is 3.04. The first-order chi connectivity index (χ1) is 9.35. The highest BCUT2D eigenvalue weighted by Crippen LogP contribution is 2.22. The maximum absolute atomic E-state index is 13.9. The third-order valence-electron chi connectivity index (χ3n) is 2.78. The first kappa shape index (κ1) is 17.0. The Morgan fingerprint density at radius 1 is 1.40 bits per heavy atom. The van der Waals surface area contributed by atoms with E-state index in [-0.39, 0.29) is 35.1 Å². The molecule has 0 aromatic heterocycles. The molecule has 0 spiro atoms. The van der Waals surface area contributed by atoms with Crippen molar-refractivity contribution in [2.24, 2.45) is 0 Å². The average molecular weight is 349 g/mol. The fourth-order valence-electron chi connectivity index (χ4n) is 1.79. The Morgan fingerprint density at radius 3 is 2.60 bits per heavy atom. The van der Waals surface area contributed by atoms with Crippen molar-refractivity contribution < 1.29 is 13.6 Å². The molecule has 0 bridgehead atoms. The van der Waals surface area contributed by atoms with Gasteiger partial charge in [-0.05, 0) is 48.5 Å². The van der Waals surface area contributed by atoms with E-state index < -0.39 is 11.6 Å². The van der Waals surface area contributed by atoms with Crippen molar-refractivity contribution in [2.45, 2.75) is 33.4 Å². The van der Waals surface area contributed by atoms with Crippen molar-refractivity contribution >= 4 is 21.8 Å². The molecule has 3 nitrogen and oxygen atoms in total. The van der Waals surface area contributed by atoms with Gasteiger partial charge in [0.15, 0.2) is 0 Å². The summed E-state index contributed by atoms with van der Waals surface area (Å²) in [5, 5.41) is 2.76. The van der Waals surface area contributed by atoms with Crippen molar-refractivity contribution in [2.75, 3.05) is 13.1 Å².